The summed E-state index contributed by atoms with van der Waals surface area (Å²) in [6.45, 7) is 2.27. The third kappa shape index (κ3) is 5.27. The summed E-state index contributed by atoms with van der Waals surface area (Å²) < 4.78 is 0. The first-order valence-electron chi connectivity index (χ1n) is 16.4. The number of benzene rings is 6. The van der Waals surface area contributed by atoms with Gasteiger partial charge in [0.25, 0.3) is 0 Å². The molecule has 0 fully saturated rings. The topological polar surface area (TPSA) is 0 Å². The summed E-state index contributed by atoms with van der Waals surface area (Å²) in [5, 5.41) is 5.24. The molecule has 0 bridgehead atoms. The van der Waals surface area contributed by atoms with Crippen LogP contribution in [0.3, 0.4) is 0 Å². The van der Waals surface area contributed by atoms with E-state index in [-0.39, 0.29) is 0 Å². The molecule has 0 heteroatoms. The SMILES string of the molecule is CC1C=CC=C/C1=C\c1ccc2c(C3=CC=C(c4ccccc4)CC3)c3ccccc3c(-c3ccc(-c4ccccc4)cc3)c2c1. The molecule has 0 amide bonds. The van der Waals surface area contributed by atoms with Crippen LogP contribution in [0.25, 0.3) is 61.0 Å². The van der Waals surface area contributed by atoms with Gasteiger partial charge < -0.3 is 0 Å². The molecule has 0 aliphatic heterocycles. The van der Waals surface area contributed by atoms with Gasteiger partial charge in [-0.3, -0.25) is 0 Å². The average molecular weight is 589 g/mol. The van der Waals surface area contributed by atoms with Crippen molar-refractivity contribution in [2.45, 2.75) is 19.8 Å². The fourth-order valence-electron chi connectivity index (χ4n) is 7.17. The second-order valence-corrected chi connectivity index (χ2v) is 12.5. The molecule has 0 saturated heterocycles. The Labute approximate surface area is 272 Å². The Hall–Kier alpha value is -5.46. The summed E-state index contributed by atoms with van der Waals surface area (Å²) >= 11 is 0. The summed E-state index contributed by atoms with van der Waals surface area (Å²) in [4.78, 5) is 0. The zero-order chi connectivity index (χ0) is 30.9. The molecule has 8 rings (SSSR count). The second-order valence-electron chi connectivity index (χ2n) is 12.5. The van der Waals surface area contributed by atoms with E-state index in [1.807, 2.05) is 0 Å². The largest absolute Gasteiger partial charge is 0.0773 e. The van der Waals surface area contributed by atoms with Crippen molar-refractivity contribution >= 4 is 38.8 Å². The molecule has 1 atom stereocenters. The van der Waals surface area contributed by atoms with Crippen LogP contribution in [0.15, 0.2) is 169 Å². The van der Waals surface area contributed by atoms with Gasteiger partial charge in [0.05, 0.1) is 0 Å². The van der Waals surface area contributed by atoms with E-state index in [0.29, 0.717) is 5.92 Å². The smallest absolute Gasteiger partial charge is 0.000711 e. The molecule has 0 radical (unpaired) electrons. The standard InChI is InChI=1S/C46H36/c1-32-12-8-9-17-40(32)30-33-20-29-43-44(31-33)46(39-27-23-37(24-28-39)35-15-6-3-7-16-35)42-19-11-10-18-41(42)45(43)38-25-21-36(22-26-38)34-13-4-2-5-14-34/h2-21,23-25,27-32H,22,26H2,1H3/b40-30+. The molecule has 46 heavy (non-hydrogen) atoms. The van der Waals surface area contributed by atoms with Gasteiger partial charge in [0, 0.05) is 0 Å². The van der Waals surface area contributed by atoms with Crippen molar-refractivity contribution in [1.29, 1.82) is 0 Å². The zero-order valence-electron chi connectivity index (χ0n) is 26.2. The Bertz CT molecular complexity index is 2220. The molecule has 2 aliphatic carbocycles. The summed E-state index contributed by atoms with van der Waals surface area (Å²) in [6, 6.07) is 46.7. The Kier molecular flexibility index (Phi) is 7.40. The van der Waals surface area contributed by atoms with E-state index in [4.69, 9.17) is 0 Å². The number of rotatable bonds is 5. The normalized spacial score (nSPS) is 17.0. The number of hydrogen-bond acceptors (Lipinski definition) is 0. The van der Waals surface area contributed by atoms with Crippen LogP contribution in [0.1, 0.15) is 36.5 Å². The van der Waals surface area contributed by atoms with Crippen LogP contribution >= 0.6 is 0 Å². The molecular formula is C46H36. The lowest BCUT2D eigenvalue weighted by atomic mass is 9.82. The summed E-state index contributed by atoms with van der Waals surface area (Å²) in [5.74, 6) is 0.399. The first kappa shape index (κ1) is 28.0. The Balaban J connectivity index is 1.35. The van der Waals surface area contributed by atoms with Gasteiger partial charge >= 0.3 is 0 Å². The van der Waals surface area contributed by atoms with Gasteiger partial charge in [0.1, 0.15) is 0 Å². The van der Waals surface area contributed by atoms with E-state index in [1.54, 1.807) is 0 Å². The van der Waals surface area contributed by atoms with Crippen LogP contribution in [-0.2, 0) is 0 Å². The second kappa shape index (κ2) is 12.1. The molecule has 6 aromatic carbocycles. The Morgan fingerprint density at radius 3 is 1.78 bits per heavy atom. The summed E-state index contributed by atoms with van der Waals surface area (Å²) in [7, 11) is 0. The van der Waals surface area contributed by atoms with Crippen LogP contribution in [0.4, 0.5) is 0 Å². The number of hydrogen-bond donors (Lipinski definition) is 0. The first-order chi connectivity index (χ1) is 22.7. The minimum Gasteiger partial charge on any atom is -0.0773 e. The van der Waals surface area contributed by atoms with Gasteiger partial charge in [-0.1, -0.05) is 171 Å². The van der Waals surface area contributed by atoms with E-state index in [1.165, 1.54) is 77.2 Å². The minimum absolute atomic E-state index is 0.399. The molecule has 0 nitrogen and oxygen atoms in total. The van der Waals surface area contributed by atoms with Gasteiger partial charge in [0.15, 0.2) is 0 Å². The van der Waals surface area contributed by atoms with Gasteiger partial charge in [-0.25, -0.2) is 0 Å². The summed E-state index contributed by atoms with van der Waals surface area (Å²) in [6.07, 6.45) is 17.9. The monoisotopic (exact) mass is 588 g/mol. The molecule has 0 spiro atoms. The van der Waals surface area contributed by atoms with Crippen LogP contribution in [0, 0.1) is 5.92 Å². The van der Waals surface area contributed by atoms with Crippen molar-refractivity contribution in [2.24, 2.45) is 5.92 Å². The maximum Gasteiger partial charge on any atom is -0.000711 e. The molecule has 220 valence electrons. The molecule has 0 heterocycles. The summed E-state index contributed by atoms with van der Waals surface area (Å²) in [5.41, 5.74) is 13.1. The molecule has 0 saturated carbocycles. The van der Waals surface area contributed by atoms with E-state index in [2.05, 4.69) is 177 Å². The predicted octanol–water partition coefficient (Wildman–Crippen LogP) is 12.7. The van der Waals surface area contributed by atoms with Crippen molar-refractivity contribution in [3.8, 4) is 22.3 Å². The van der Waals surface area contributed by atoms with Gasteiger partial charge in [-0.2, -0.15) is 0 Å². The van der Waals surface area contributed by atoms with Crippen molar-refractivity contribution < 1.29 is 0 Å². The van der Waals surface area contributed by atoms with Crippen LogP contribution in [0.2, 0.25) is 0 Å². The van der Waals surface area contributed by atoms with E-state index in [9.17, 15) is 0 Å². The number of fused-ring (bicyclic) bond motifs is 2. The fourth-order valence-corrected chi connectivity index (χ4v) is 7.17. The average Bonchev–Trinajstić information content (AvgIpc) is 3.12. The van der Waals surface area contributed by atoms with Gasteiger partial charge in [0.2, 0.25) is 0 Å². The van der Waals surface area contributed by atoms with Crippen molar-refractivity contribution in [1.82, 2.24) is 0 Å². The molecule has 2 aliphatic rings. The maximum atomic E-state index is 2.42. The van der Waals surface area contributed by atoms with Crippen molar-refractivity contribution in [3.05, 3.63) is 186 Å². The molecule has 1 unspecified atom stereocenters. The Morgan fingerprint density at radius 1 is 0.500 bits per heavy atom. The fraction of sp³-hybridized carbons (Fsp3) is 0.0870. The highest BCUT2D eigenvalue weighted by Crippen LogP contribution is 2.45. The lowest BCUT2D eigenvalue weighted by molar-refractivity contribution is 0.891. The molecular weight excluding hydrogens is 553 g/mol. The lowest BCUT2D eigenvalue weighted by Crippen LogP contribution is -1.98. The van der Waals surface area contributed by atoms with E-state index in [0.717, 1.165) is 12.8 Å². The highest BCUT2D eigenvalue weighted by atomic mass is 14.2. The minimum atomic E-state index is 0.399. The van der Waals surface area contributed by atoms with Crippen LogP contribution in [0.5, 0.6) is 0 Å². The first-order valence-corrected chi connectivity index (χ1v) is 16.4. The highest BCUT2D eigenvalue weighted by Gasteiger charge is 2.20. The third-order valence-corrected chi connectivity index (χ3v) is 9.60. The van der Waals surface area contributed by atoms with Crippen LogP contribution in [-0.4, -0.2) is 0 Å². The maximum absolute atomic E-state index is 2.42. The third-order valence-electron chi connectivity index (χ3n) is 9.60. The Morgan fingerprint density at radius 2 is 1.09 bits per heavy atom. The van der Waals surface area contributed by atoms with E-state index < -0.39 is 0 Å². The van der Waals surface area contributed by atoms with Gasteiger partial charge in [-0.05, 0) is 102 Å². The molecule has 0 N–H and O–H groups in total. The zero-order valence-corrected chi connectivity index (χ0v) is 26.2. The number of allylic oxidation sites excluding steroid dienone is 9. The van der Waals surface area contributed by atoms with Gasteiger partial charge in [-0.15, -0.1) is 0 Å². The van der Waals surface area contributed by atoms with E-state index >= 15 is 0 Å². The lowest BCUT2D eigenvalue weighted by Gasteiger charge is -2.22. The molecule has 6 aromatic rings. The highest BCUT2D eigenvalue weighted by molar-refractivity contribution is 6.19. The predicted molar refractivity (Wildman–Crippen MR) is 199 cm³/mol. The molecule has 0 aromatic heterocycles. The van der Waals surface area contributed by atoms with Crippen LogP contribution < -0.4 is 0 Å². The van der Waals surface area contributed by atoms with Crippen molar-refractivity contribution in [3.63, 3.8) is 0 Å². The van der Waals surface area contributed by atoms with Crippen molar-refractivity contribution in [2.75, 3.05) is 0 Å². The quantitative estimate of drug-likeness (QED) is 0.176.